The van der Waals surface area contributed by atoms with E-state index in [9.17, 15) is 13.2 Å². The average molecular weight is 336 g/mol. The van der Waals surface area contributed by atoms with E-state index in [0.717, 1.165) is 11.8 Å². The van der Waals surface area contributed by atoms with Crippen molar-refractivity contribution in [2.45, 2.75) is 26.1 Å². The van der Waals surface area contributed by atoms with Crippen LogP contribution in [-0.4, -0.2) is 24.9 Å². The first kappa shape index (κ1) is 16.2. The van der Waals surface area contributed by atoms with E-state index in [4.69, 9.17) is 0 Å². The standard InChI is InChI=1S/C15H15F3N6/c1-8(2)12(9-3-19-6-20-4-9)24-14-11-10(15(16,17)18)5-21-13(11)22-7-23-14/h3-8,12H,1-2H3,(H2,21,22,23,24)/t12-/m1/s1. The number of nitrogens with zero attached hydrogens (tertiary/aromatic N) is 4. The molecule has 0 bridgehead atoms. The number of halogens is 3. The van der Waals surface area contributed by atoms with Crippen LogP contribution >= 0.6 is 0 Å². The van der Waals surface area contributed by atoms with E-state index in [2.05, 4.69) is 30.2 Å². The molecule has 126 valence electrons. The third-order valence-electron chi connectivity index (χ3n) is 3.67. The summed E-state index contributed by atoms with van der Waals surface area (Å²) in [5, 5.41) is 3.01. The van der Waals surface area contributed by atoms with Crippen LogP contribution < -0.4 is 5.32 Å². The molecular formula is C15H15F3N6. The van der Waals surface area contributed by atoms with Gasteiger partial charge in [0.15, 0.2) is 0 Å². The zero-order valence-electron chi connectivity index (χ0n) is 13.0. The van der Waals surface area contributed by atoms with Gasteiger partial charge in [0.2, 0.25) is 0 Å². The number of hydrogen-bond donors (Lipinski definition) is 2. The Morgan fingerprint density at radius 1 is 1.08 bits per heavy atom. The molecule has 6 nitrogen and oxygen atoms in total. The molecule has 0 aliphatic heterocycles. The number of H-pyrrole nitrogens is 1. The Balaban J connectivity index is 2.07. The lowest BCUT2D eigenvalue weighted by Crippen LogP contribution is -2.18. The number of anilines is 1. The van der Waals surface area contributed by atoms with Gasteiger partial charge >= 0.3 is 6.18 Å². The first-order valence-electron chi connectivity index (χ1n) is 7.28. The summed E-state index contributed by atoms with van der Waals surface area (Å²) in [6.45, 7) is 3.90. The number of alkyl halides is 3. The second kappa shape index (κ2) is 6.06. The van der Waals surface area contributed by atoms with E-state index in [1.165, 1.54) is 12.7 Å². The SMILES string of the molecule is CC(C)[C@@H](Nc1ncnc2[nH]cc(C(F)(F)F)c12)c1cncnc1. The Hall–Kier alpha value is -2.71. The maximum absolute atomic E-state index is 13.2. The zero-order chi connectivity index (χ0) is 17.3. The van der Waals surface area contributed by atoms with Gasteiger partial charge in [-0.25, -0.2) is 19.9 Å². The highest BCUT2D eigenvalue weighted by atomic mass is 19.4. The molecule has 0 aromatic carbocycles. The first-order chi connectivity index (χ1) is 11.4. The molecule has 0 amide bonds. The van der Waals surface area contributed by atoms with Crippen LogP contribution in [0.15, 0.2) is 31.2 Å². The first-order valence-corrected chi connectivity index (χ1v) is 7.28. The molecule has 0 aliphatic carbocycles. The van der Waals surface area contributed by atoms with Crippen molar-refractivity contribution in [1.82, 2.24) is 24.9 Å². The van der Waals surface area contributed by atoms with Crippen molar-refractivity contribution >= 4 is 16.9 Å². The van der Waals surface area contributed by atoms with Gasteiger partial charge in [-0.05, 0) is 5.92 Å². The van der Waals surface area contributed by atoms with Gasteiger partial charge in [-0.2, -0.15) is 13.2 Å². The van der Waals surface area contributed by atoms with Crippen LogP contribution in [0.3, 0.4) is 0 Å². The number of rotatable bonds is 4. The topological polar surface area (TPSA) is 79.4 Å². The minimum Gasteiger partial charge on any atom is -0.362 e. The molecule has 0 aliphatic rings. The number of nitrogens with one attached hydrogen (secondary N) is 2. The Morgan fingerprint density at radius 3 is 2.42 bits per heavy atom. The molecule has 24 heavy (non-hydrogen) atoms. The normalized spacial score (nSPS) is 13.4. The summed E-state index contributed by atoms with van der Waals surface area (Å²) in [4.78, 5) is 18.4. The maximum Gasteiger partial charge on any atom is 0.418 e. The molecule has 3 aromatic rings. The largest absolute Gasteiger partial charge is 0.418 e. The molecule has 1 atom stereocenters. The van der Waals surface area contributed by atoms with E-state index in [1.807, 2.05) is 13.8 Å². The van der Waals surface area contributed by atoms with E-state index in [-0.39, 0.29) is 28.8 Å². The van der Waals surface area contributed by atoms with Crippen LogP contribution in [0.5, 0.6) is 0 Å². The summed E-state index contributed by atoms with van der Waals surface area (Å²) >= 11 is 0. The number of aromatic nitrogens is 5. The van der Waals surface area contributed by atoms with Crippen LogP contribution in [-0.2, 0) is 6.18 Å². The van der Waals surface area contributed by atoms with Crippen molar-refractivity contribution in [2.75, 3.05) is 5.32 Å². The fourth-order valence-electron chi connectivity index (χ4n) is 2.55. The van der Waals surface area contributed by atoms with Crippen LogP contribution in [0.4, 0.5) is 19.0 Å². The van der Waals surface area contributed by atoms with Gasteiger partial charge in [0.1, 0.15) is 24.1 Å². The van der Waals surface area contributed by atoms with Crippen molar-refractivity contribution in [1.29, 1.82) is 0 Å². The third-order valence-corrected chi connectivity index (χ3v) is 3.67. The number of hydrogen-bond acceptors (Lipinski definition) is 5. The zero-order valence-corrected chi connectivity index (χ0v) is 13.0. The van der Waals surface area contributed by atoms with Crippen molar-refractivity contribution in [3.63, 3.8) is 0 Å². The lowest BCUT2D eigenvalue weighted by atomic mass is 9.98. The summed E-state index contributed by atoms with van der Waals surface area (Å²) in [5.41, 5.74) is 0.0995. The van der Waals surface area contributed by atoms with Crippen LogP contribution in [0.1, 0.15) is 31.0 Å². The molecule has 2 N–H and O–H groups in total. The predicted octanol–water partition coefficient (Wildman–Crippen LogP) is 3.58. The molecule has 3 aromatic heterocycles. The van der Waals surface area contributed by atoms with Gasteiger partial charge in [-0.1, -0.05) is 13.8 Å². The molecule has 0 spiro atoms. The van der Waals surface area contributed by atoms with Crippen LogP contribution in [0.25, 0.3) is 11.0 Å². The highest BCUT2D eigenvalue weighted by Gasteiger charge is 2.35. The molecule has 3 rings (SSSR count). The van der Waals surface area contributed by atoms with E-state index >= 15 is 0 Å². The van der Waals surface area contributed by atoms with Crippen LogP contribution in [0, 0.1) is 5.92 Å². The van der Waals surface area contributed by atoms with Gasteiger partial charge in [0.25, 0.3) is 0 Å². The minimum atomic E-state index is -4.50. The Bertz CT molecular complexity index is 828. The molecule has 9 heteroatoms. The predicted molar refractivity (Wildman–Crippen MR) is 82.1 cm³/mol. The number of aromatic amines is 1. The van der Waals surface area contributed by atoms with Gasteiger partial charge < -0.3 is 10.3 Å². The monoisotopic (exact) mass is 336 g/mol. The smallest absolute Gasteiger partial charge is 0.362 e. The fourth-order valence-corrected chi connectivity index (χ4v) is 2.55. The summed E-state index contributed by atoms with van der Waals surface area (Å²) in [7, 11) is 0. The highest BCUT2D eigenvalue weighted by molar-refractivity contribution is 5.90. The summed E-state index contributed by atoms with van der Waals surface area (Å²) < 4.78 is 39.7. The molecule has 0 saturated heterocycles. The molecule has 0 fully saturated rings. The summed E-state index contributed by atoms with van der Waals surface area (Å²) in [5.74, 6) is 0.199. The van der Waals surface area contributed by atoms with Crippen molar-refractivity contribution in [3.05, 3.63) is 42.4 Å². The molecule has 0 unspecified atom stereocenters. The molecule has 0 saturated carbocycles. The Labute approximate surface area is 135 Å². The van der Waals surface area contributed by atoms with Gasteiger partial charge in [0.05, 0.1) is 17.0 Å². The van der Waals surface area contributed by atoms with Gasteiger partial charge in [0, 0.05) is 24.2 Å². The lowest BCUT2D eigenvalue weighted by Gasteiger charge is -2.23. The average Bonchev–Trinajstić information content (AvgIpc) is 2.98. The van der Waals surface area contributed by atoms with Crippen molar-refractivity contribution < 1.29 is 13.2 Å². The second-order valence-electron chi connectivity index (χ2n) is 5.68. The summed E-state index contributed by atoms with van der Waals surface area (Å²) in [6, 6.07) is -0.291. The van der Waals surface area contributed by atoms with Crippen molar-refractivity contribution in [2.24, 2.45) is 5.92 Å². The van der Waals surface area contributed by atoms with Crippen LogP contribution in [0.2, 0.25) is 0 Å². The Morgan fingerprint density at radius 2 is 1.79 bits per heavy atom. The van der Waals surface area contributed by atoms with E-state index in [0.29, 0.717) is 0 Å². The molecular weight excluding hydrogens is 321 g/mol. The quantitative estimate of drug-likeness (QED) is 0.761. The van der Waals surface area contributed by atoms with Gasteiger partial charge in [-0.3, -0.25) is 0 Å². The molecule has 3 heterocycles. The summed E-state index contributed by atoms with van der Waals surface area (Å²) in [6.07, 6.45) is 2.29. The molecule has 0 radical (unpaired) electrons. The third kappa shape index (κ3) is 3.01. The second-order valence-corrected chi connectivity index (χ2v) is 5.68. The Kier molecular flexibility index (Phi) is 4.08. The lowest BCUT2D eigenvalue weighted by molar-refractivity contribution is -0.136. The number of fused-ring (bicyclic) bond motifs is 1. The highest BCUT2D eigenvalue weighted by Crippen LogP contribution is 2.38. The van der Waals surface area contributed by atoms with E-state index < -0.39 is 11.7 Å². The van der Waals surface area contributed by atoms with Crippen molar-refractivity contribution in [3.8, 4) is 0 Å². The van der Waals surface area contributed by atoms with E-state index in [1.54, 1.807) is 12.4 Å². The fraction of sp³-hybridized carbons (Fsp3) is 0.333. The minimum absolute atomic E-state index is 0.0764. The van der Waals surface area contributed by atoms with Gasteiger partial charge in [-0.15, -0.1) is 0 Å². The maximum atomic E-state index is 13.2.